The molecule has 0 saturated carbocycles. The lowest BCUT2D eigenvalue weighted by atomic mass is 10.3. The van der Waals surface area contributed by atoms with E-state index < -0.39 is 0 Å². The molecular weight excluding hydrogens is 316 g/mol. The topological polar surface area (TPSA) is 47.7 Å². The van der Waals surface area contributed by atoms with Crippen LogP contribution in [0, 0.1) is 10.8 Å². The van der Waals surface area contributed by atoms with E-state index in [1.807, 2.05) is 109 Å². The first-order chi connectivity index (χ1) is 12.9. The maximum absolute atomic E-state index is 6.82. The quantitative estimate of drug-likeness (QED) is 0.304. The molecular formula is C24H26N2. The molecule has 2 nitrogen and oxygen atoms in total. The fourth-order valence-corrected chi connectivity index (χ4v) is 1.39. The van der Waals surface area contributed by atoms with Crippen molar-refractivity contribution in [3.05, 3.63) is 134 Å². The molecule has 0 rings (SSSR count). The molecule has 2 N–H and O–H groups in total. The molecule has 0 fully saturated rings. The van der Waals surface area contributed by atoms with E-state index in [0.717, 1.165) is 0 Å². The van der Waals surface area contributed by atoms with Crippen LogP contribution in [-0.4, -0.2) is 12.4 Å². The fraction of sp³-hybridized carbons (Fsp3) is 0. The van der Waals surface area contributed by atoms with Crippen LogP contribution in [-0.2, 0) is 0 Å². The standard InChI is InChI=1S/C24H26N2/c25-23-21-19-17-15-13-11-9-7-5-3-1-2-4-6-8-10-12-14-16-18-20-22-24-26/h1-26H/b2-1+,5-3+,6-4+,9-7+,10-8+,13-11+,14-12+,17-15+,18-16+,21-19+,22-20+,25-23?,26-24?. The van der Waals surface area contributed by atoms with Crippen LogP contribution in [0.15, 0.2) is 134 Å². The van der Waals surface area contributed by atoms with Gasteiger partial charge in [0.2, 0.25) is 0 Å². The predicted octanol–water partition coefficient (Wildman–Crippen LogP) is 6.40. The van der Waals surface area contributed by atoms with Gasteiger partial charge in [-0.3, -0.25) is 0 Å². The number of hydrogen-bond acceptors (Lipinski definition) is 2. The predicted molar refractivity (Wildman–Crippen MR) is 118 cm³/mol. The second kappa shape index (κ2) is 21.5. The second-order valence-corrected chi connectivity index (χ2v) is 4.57. The monoisotopic (exact) mass is 342 g/mol. The molecule has 0 aliphatic heterocycles. The van der Waals surface area contributed by atoms with Crippen molar-refractivity contribution in [2.75, 3.05) is 0 Å². The molecule has 0 heterocycles. The third kappa shape index (κ3) is 20.5. The molecule has 0 amide bonds. The molecule has 0 unspecified atom stereocenters. The van der Waals surface area contributed by atoms with Crippen molar-refractivity contribution in [1.82, 2.24) is 0 Å². The first-order valence-corrected chi connectivity index (χ1v) is 8.24. The summed E-state index contributed by atoms with van der Waals surface area (Å²) in [7, 11) is 0. The minimum Gasteiger partial charge on any atom is -0.309 e. The van der Waals surface area contributed by atoms with Gasteiger partial charge in [0, 0.05) is 12.4 Å². The molecule has 0 aromatic heterocycles. The van der Waals surface area contributed by atoms with Gasteiger partial charge in [-0.1, -0.05) is 122 Å². The molecule has 132 valence electrons. The molecule has 26 heavy (non-hydrogen) atoms. The highest BCUT2D eigenvalue weighted by Crippen LogP contribution is 1.87. The average Bonchev–Trinajstić information content (AvgIpc) is 2.66. The van der Waals surface area contributed by atoms with Crippen LogP contribution in [0.4, 0.5) is 0 Å². The van der Waals surface area contributed by atoms with Crippen molar-refractivity contribution in [1.29, 1.82) is 10.8 Å². The summed E-state index contributed by atoms with van der Waals surface area (Å²) in [6.45, 7) is 0. The lowest BCUT2D eigenvalue weighted by molar-refractivity contribution is 1.58. The van der Waals surface area contributed by atoms with Gasteiger partial charge in [0.1, 0.15) is 0 Å². The van der Waals surface area contributed by atoms with E-state index in [1.165, 1.54) is 12.4 Å². The number of rotatable bonds is 12. The molecule has 0 aliphatic carbocycles. The second-order valence-electron chi connectivity index (χ2n) is 4.57. The summed E-state index contributed by atoms with van der Waals surface area (Å²) in [5, 5.41) is 13.6. The van der Waals surface area contributed by atoms with E-state index >= 15 is 0 Å². The Kier molecular flexibility index (Phi) is 18.6. The van der Waals surface area contributed by atoms with Crippen molar-refractivity contribution in [2.45, 2.75) is 0 Å². The first kappa shape index (κ1) is 22.5. The Hall–Kier alpha value is -3.52. The number of allylic oxidation sites excluding steroid dienone is 22. The van der Waals surface area contributed by atoms with E-state index in [-0.39, 0.29) is 0 Å². The van der Waals surface area contributed by atoms with Crippen molar-refractivity contribution < 1.29 is 0 Å². The maximum atomic E-state index is 6.82. The van der Waals surface area contributed by atoms with Crippen LogP contribution in [0.5, 0.6) is 0 Å². The zero-order valence-corrected chi connectivity index (χ0v) is 14.9. The van der Waals surface area contributed by atoms with Crippen molar-refractivity contribution in [3.8, 4) is 0 Å². The van der Waals surface area contributed by atoms with Gasteiger partial charge in [0.05, 0.1) is 0 Å². The number of hydrogen-bond donors (Lipinski definition) is 2. The zero-order chi connectivity index (χ0) is 19.0. The van der Waals surface area contributed by atoms with E-state index in [1.54, 1.807) is 24.3 Å². The van der Waals surface area contributed by atoms with E-state index in [0.29, 0.717) is 0 Å². The van der Waals surface area contributed by atoms with Crippen LogP contribution < -0.4 is 0 Å². The highest BCUT2D eigenvalue weighted by Gasteiger charge is 1.65. The largest absolute Gasteiger partial charge is 0.309 e. The summed E-state index contributed by atoms with van der Waals surface area (Å²) >= 11 is 0. The summed E-state index contributed by atoms with van der Waals surface area (Å²) in [5.74, 6) is 0. The van der Waals surface area contributed by atoms with E-state index in [4.69, 9.17) is 10.8 Å². The Morgan fingerprint density at radius 1 is 0.192 bits per heavy atom. The molecule has 0 spiro atoms. The average molecular weight is 342 g/mol. The smallest absolute Gasteiger partial charge is 0.0177 e. The Morgan fingerprint density at radius 2 is 0.308 bits per heavy atom. The Morgan fingerprint density at radius 3 is 0.423 bits per heavy atom. The third-order valence-electron chi connectivity index (χ3n) is 2.53. The SMILES string of the molecule is N=C/C=C/C=C/C=C/C=C/C=C/C=C/C=C/C=C/C=C/C=C/C=C/C=N. The van der Waals surface area contributed by atoms with Gasteiger partial charge in [0.25, 0.3) is 0 Å². The van der Waals surface area contributed by atoms with Gasteiger partial charge >= 0.3 is 0 Å². The highest BCUT2D eigenvalue weighted by atomic mass is 14.3. The summed E-state index contributed by atoms with van der Waals surface area (Å²) in [5.41, 5.74) is 0. The van der Waals surface area contributed by atoms with Crippen LogP contribution >= 0.6 is 0 Å². The van der Waals surface area contributed by atoms with Gasteiger partial charge in [0.15, 0.2) is 0 Å². The van der Waals surface area contributed by atoms with Crippen LogP contribution in [0.1, 0.15) is 0 Å². The minimum atomic E-state index is 1.25. The lowest BCUT2D eigenvalue weighted by Crippen LogP contribution is -1.55. The molecule has 0 aliphatic rings. The Labute approximate surface area is 157 Å². The molecule has 0 aromatic rings. The van der Waals surface area contributed by atoms with Gasteiger partial charge < -0.3 is 10.8 Å². The summed E-state index contributed by atoms with van der Waals surface area (Å²) < 4.78 is 0. The van der Waals surface area contributed by atoms with Crippen LogP contribution in [0.25, 0.3) is 0 Å². The Balaban J connectivity index is 3.93. The molecule has 2 heteroatoms. The van der Waals surface area contributed by atoms with Crippen molar-refractivity contribution >= 4 is 12.4 Å². The van der Waals surface area contributed by atoms with Gasteiger partial charge in [-0.2, -0.15) is 0 Å². The number of nitrogens with one attached hydrogen (secondary N) is 2. The van der Waals surface area contributed by atoms with Gasteiger partial charge in [-0.15, -0.1) is 0 Å². The molecule has 0 saturated heterocycles. The Bertz CT molecular complexity index is 626. The van der Waals surface area contributed by atoms with Crippen molar-refractivity contribution in [2.24, 2.45) is 0 Å². The van der Waals surface area contributed by atoms with Crippen molar-refractivity contribution in [3.63, 3.8) is 0 Å². The van der Waals surface area contributed by atoms with Gasteiger partial charge in [-0.05, 0) is 12.2 Å². The van der Waals surface area contributed by atoms with E-state index in [2.05, 4.69) is 0 Å². The summed E-state index contributed by atoms with van der Waals surface area (Å²) in [4.78, 5) is 0. The molecule has 0 radical (unpaired) electrons. The zero-order valence-electron chi connectivity index (χ0n) is 14.9. The van der Waals surface area contributed by atoms with E-state index in [9.17, 15) is 0 Å². The fourth-order valence-electron chi connectivity index (χ4n) is 1.39. The molecule has 0 aromatic carbocycles. The first-order valence-electron chi connectivity index (χ1n) is 8.24. The van der Waals surface area contributed by atoms with Gasteiger partial charge in [-0.25, -0.2) is 0 Å². The third-order valence-corrected chi connectivity index (χ3v) is 2.53. The summed E-state index contributed by atoms with van der Waals surface area (Å²) in [6.07, 6.45) is 44.4. The van der Waals surface area contributed by atoms with Crippen LogP contribution in [0.3, 0.4) is 0 Å². The summed E-state index contributed by atoms with van der Waals surface area (Å²) in [6, 6.07) is 0. The minimum absolute atomic E-state index is 1.25. The maximum Gasteiger partial charge on any atom is 0.0177 e. The van der Waals surface area contributed by atoms with Crippen LogP contribution in [0.2, 0.25) is 0 Å². The molecule has 0 atom stereocenters. The molecule has 0 bridgehead atoms. The lowest BCUT2D eigenvalue weighted by Gasteiger charge is -1.76. The highest BCUT2D eigenvalue weighted by molar-refractivity contribution is 5.68. The normalized spacial score (nSPS) is 14.3.